The Labute approximate surface area is 123 Å². The van der Waals surface area contributed by atoms with Crippen LogP contribution < -0.4 is 15.5 Å². The summed E-state index contributed by atoms with van der Waals surface area (Å²) in [6, 6.07) is 11.7. The number of para-hydroxylation sites is 1. The molecule has 1 aromatic carbocycles. The first-order valence-corrected chi connectivity index (χ1v) is 6.82. The first-order chi connectivity index (χ1) is 10.1. The first-order valence-electron chi connectivity index (χ1n) is 6.82. The van der Waals surface area contributed by atoms with Crippen LogP contribution in [0.1, 0.15) is 16.1 Å². The highest BCUT2D eigenvalue weighted by atomic mass is 16.1. The maximum atomic E-state index is 11.0. The van der Waals surface area contributed by atoms with Crippen LogP contribution in [0.4, 0.5) is 11.5 Å². The van der Waals surface area contributed by atoms with Crippen molar-refractivity contribution in [2.45, 2.75) is 6.54 Å². The average molecular weight is 283 g/mol. The lowest BCUT2D eigenvalue weighted by molar-refractivity contribution is 0.0994. The second kappa shape index (κ2) is 5.40. The van der Waals surface area contributed by atoms with Gasteiger partial charge in [-0.05, 0) is 23.8 Å². The Balaban J connectivity index is 1.88. The molecule has 2 aromatic rings. The highest BCUT2D eigenvalue weighted by Gasteiger charge is 2.18. The number of amides is 1. The summed E-state index contributed by atoms with van der Waals surface area (Å²) in [6.07, 6.45) is 0. The summed E-state index contributed by atoms with van der Waals surface area (Å²) in [5.41, 5.74) is 7.86. The molecule has 3 rings (SSSR count). The fourth-order valence-corrected chi connectivity index (χ4v) is 2.51. The summed E-state index contributed by atoms with van der Waals surface area (Å²) < 4.78 is 0. The minimum Gasteiger partial charge on any atom is -0.373 e. The standard InChI is InChI=1S/C15H17N5O/c1-19-8-9-20(10-11-4-2-3-5-13(11)19)14-7-6-12(15(16)21)17-18-14/h2-7H,8-10H2,1H3,(H2,16,21). The van der Waals surface area contributed by atoms with Crippen molar-refractivity contribution in [3.8, 4) is 0 Å². The minimum atomic E-state index is -0.560. The molecule has 6 nitrogen and oxygen atoms in total. The Hall–Kier alpha value is -2.63. The number of likely N-dealkylation sites (N-methyl/N-ethyl adjacent to an activating group) is 1. The first kappa shape index (κ1) is 13.4. The summed E-state index contributed by atoms with van der Waals surface area (Å²) >= 11 is 0. The van der Waals surface area contributed by atoms with E-state index in [1.54, 1.807) is 12.1 Å². The summed E-state index contributed by atoms with van der Waals surface area (Å²) in [6.45, 7) is 2.51. The van der Waals surface area contributed by atoms with E-state index in [9.17, 15) is 4.79 Å². The van der Waals surface area contributed by atoms with Crippen molar-refractivity contribution in [2.24, 2.45) is 5.73 Å². The number of carbonyl (C=O) groups is 1. The van der Waals surface area contributed by atoms with Gasteiger partial charge >= 0.3 is 0 Å². The van der Waals surface area contributed by atoms with Gasteiger partial charge in [-0.15, -0.1) is 10.2 Å². The molecule has 2 heterocycles. The molecule has 1 aliphatic rings. The SMILES string of the molecule is CN1CCN(c2ccc(C(N)=O)nn2)Cc2ccccc21. The largest absolute Gasteiger partial charge is 0.373 e. The monoisotopic (exact) mass is 283 g/mol. The van der Waals surface area contributed by atoms with Gasteiger partial charge in [0.2, 0.25) is 0 Å². The molecule has 0 radical (unpaired) electrons. The molecule has 1 aromatic heterocycles. The molecule has 2 N–H and O–H groups in total. The number of nitrogens with two attached hydrogens (primary N) is 1. The highest BCUT2D eigenvalue weighted by Crippen LogP contribution is 2.25. The Bertz CT molecular complexity index is 655. The van der Waals surface area contributed by atoms with Crippen LogP contribution in [-0.4, -0.2) is 36.2 Å². The second-order valence-electron chi connectivity index (χ2n) is 5.11. The van der Waals surface area contributed by atoms with Crippen LogP contribution in [0.25, 0.3) is 0 Å². The van der Waals surface area contributed by atoms with Gasteiger partial charge in [0.05, 0.1) is 0 Å². The van der Waals surface area contributed by atoms with E-state index >= 15 is 0 Å². The third-order valence-corrected chi connectivity index (χ3v) is 3.70. The number of hydrogen-bond acceptors (Lipinski definition) is 5. The number of primary amides is 1. The van der Waals surface area contributed by atoms with Gasteiger partial charge in [-0.25, -0.2) is 0 Å². The van der Waals surface area contributed by atoms with E-state index in [1.807, 2.05) is 12.1 Å². The van der Waals surface area contributed by atoms with Gasteiger partial charge in [-0.2, -0.15) is 0 Å². The number of hydrogen-bond donors (Lipinski definition) is 1. The number of fused-ring (bicyclic) bond motifs is 1. The number of anilines is 2. The van der Waals surface area contributed by atoms with E-state index in [-0.39, 0.29) is 5.69 Å². The number of nitrogens with zero attached hydrogens (tertiary/aromatic N) is 4. The normalized spacial score (nSPS) is 14.5. The molecule has 0 spiro atoms. The molecule has 0 unspecified atom stereocenters. The molecule has 0 aliphatic carbocycles. The van der Waals surface area contributed by atoms with Gasteiger partial charge in [0.15, 0.2) is 11.5 Å². The molecule has 6 heteroatoms. The zero-order valence-corrected chi connectivity index (χ0v) is 11.9. The number of benzene rings is 1. The Morgan fingerprint density at radius 2 is 1.95 bits per heavy atom. The highest BCUT2D eigenvalue weighted by molar-refractivity contribution is 5.90. The topological polar surface area (TPSA) is 75.3 Å². The summed E-state index contributed by atoms with van der Waals surface area (Å²) in [7, 11) is 2.09. The van der Waals surface area contributed by atoms with Crippen LogP contribution in [0.15, 0.2) is 36.4 Å². The fraction of sp³-hybridized carbons (Fsp3) is 0.267. The van der Waals surface area contributed by atoms with Crippen LogP contribution in [-0.2, 0) is 6.54 Å². The van der Waals surface area contributed by atoms with Gasteiger partial charge < -0.3 is 15.5 Å². The average Bonchev–Trinajstić information content (AvgIpc) is 2.67. The summed E-state index contributed by atoms with van der Waals surface area (Å²) in [5.74, 6) is 0.195. The zero-order valence-electron chi connectivity index (χ0n) is 11.9. The summed E-state index contributed by atoms with van der Waals surface area (Å²) in [4.78, 5) is 15.4. The van der Waals surface area contributed by atoms with Crippen molar-refractivity contribution >= 4 is 17.4 Å². The van der Waals surface area contributed by atoms with Gasteiger partial charge in [0, 0.05) is 32.4 Å². The molecule has 0 atom stereocenters. The van der Waals surface area contributed by atoms with Crippen molar-refractivity contribution in [3.05, 3.63) is 47.7 Å². The lowest BCUT2D eigenvalue weighted by Gasteiger charge is -2.21. The van der Waals surface area contributed by atoms with Crippen LogP contribution in [0.3, 0.4) is 0 Å². The number of carbonyl (C=O) groups excluding carboxylic acids is 1. The van der Waals surface area contributed by atoms with Crippen LogP contribution in [0.2, 0.25) is 0 Å². The lowest BCUT2D eigenvalue weighted by atomic mass is 10.1. The molecule has 1 amide bonds. The van der Waals surface area contributed by atoms with Crippen molar-refractivity contribution < 1.29 is 4.79 Å². The zero-order chi connectivity index (χ0) is 14.8. The van der Waals surface area contributed by atoms with E-state index in [2.05, 4.69) is 39.2 Å². The van der Waals surface area contributed by atoms with Crippen molar-refractivity contribution in [3.63, 3.8) is 0 Å². The van der Waals surface area contributed by atoms with Gasteiger partial charge in [0.1, 0.15) is 0 Å². The Morgan fingerprint density at radius 1 is 1.14 bits per heavy atom. The van der Waals surface area contributed by atoms with Gasteiger partial charge in [-0.1, -0.05) is 18.2 Å². The second-order valence-corrected chi connectivity index (χ2v) is 5.11. The van der Waals surface area contributed by atoms with Gasteiger partial charge in [0.25, 0.3) is 5.91 Å². The molecule has 0 fully saturated rings. The molecule has 21 heavy (non-hydrogen) atoms. The molecular weight excluding hydrogens is 266 g/mol. The fourth-order valence-electron chi connectivity index (χ4n) is 2.51. The van der Waals surface area contributed by atoms with Gasteiger partial charge in [-0.3, -0.25) is 4.79 Å². The Morgan fingerprint density at radius 3 is 2.67 bits per heavy atom. The van der Waals surface area contributed by atoms with Crippen LogP contribution in [0.5, 0.6) is 0 Å². The van der Waals surface area contributed by atoms with Crippen molar-refractivity contribution in [2.75, 3.05) is 29.9 Å². The molecule has 0 saturated carbocycles. The van der Waals surface area contributed by atoms with Crippen molar-refractivity contribution in [1.82, 2.24) is 10.2 Å². The number of aromatic nitrogens is 2. The summed E-state index contributed by atoms with van der Waals surface area (Å²) in [5, 5.41) is 8.00. The molecule has 1 aliphatic heterocycles. The lowest BCUT2D eigenvalue weighted by Crippen LogP contribution is -2.30. The van der Waals surface area contributed by atoms with E-state index < -0.39 is 5.91 Å². The third kappa shape index (κ3) is 2.65. The van der Waals surface area contributed by atoms with E-state index in [4.69, 9.17) is 5.73 Å². The van der Waals surface area contributed by atoms with Crippen LogP contribution in [0, 0.1) is 0 Å². The Kier molecular flexibility index (Phi) is 3.43. The number of rotatable bonds is 2. The molecule has 0 saturated heterocycles. The predicted octanol–water partition coefficient (Wildman–Crippen LogP) is 1.03. The minimum absolute atomic E-state index is 0.186. The quantitative estimate of drug-likeness (QED) is 0.891. The molecule has 108 valence electrons. The molecule has 0 bridgehead atoms. The van der Waals surface area contributed by atoms with E-state index in [0.717, 1.165) is 25.5 Å². The maximum Gasteiger partial charge on any atom is 0.269 e. The molecular formula is C15H17N5O. The van der Waals surface area contributed by atoms with Crippen molar-refractivity contribution in [1.29, 1.82) is 0 Å². The van der Waals surface area contributed by atoms with Crippen LogP contribution >= 0.6 is 0 Å². The maximum absolute atomic E-state index is 11.0. The third-order valence-electron chi connectivity index (χ3n) is 3.70. The van der Waals surface area contributed by atoms with E-state index in [0.29, 0.717) is 0 Å². The predicted molar refractivity (Wildman–Crippen MR) is 81.3 cm³/mol. The van der Waals surface area contributed by atoms with E-state index in [1.165, 1.54) is 11.3 Å². The smallest absolute Gasteiger partial charge is 0.269 e.